The van der Waals surface area contributed by atoms with Crippen LogP contribution in [0.2, 0.25) is 0 Å². The normalized spacial score (nSPS) is 33.3. The van der Waals surface area contributed by atoms with E-state index in [1.807, 2.05) is 0 Å². The summed E-state index contributed by atoms with van der Waals surface area (Å²) in [5.74, 6) is -7.90. The third-order valence-corrected chi connectivity index (χ3v) is 7.02. The molecule has 0 radical (unpaired) electrons. The minimum absolute atomic E-state index is 0. The van der Waals surface area contributed by atoms with E-state index in [4.69, 9.17) is 5.73 Å². The number of phenols is 1. The van der Waals surface area contributed by atoms with Gasteiger partial charge in [0.1, 0.15) is 22.8 Å². The highest BCUT2D eigenvalue weighted by Crippen LogP contribution is 2.57. The monoisotopic (exact) mass is 480 g/mol. The van der Waals surface area contributed by atoms with Crippen molar-refractivity contribution in [3.05, 3.63) is 46.2 Å². The molecule has 178 valence electrons. The third-order valence-electron chi connectivity index (χ3n) is 7.02. The average Bonchev–Trinajstić information content (AvgIpc) is 2.68. The molecule has 0 saturated heterocycles. The Balaban J connectivity index is 0.00000306. The highest BCUT2D eigenvalue weighted by atomic mass is 35.5. The third kappa shape index (κ3) is 2.95. The minimum Gasteiger partial charge on any atom is -0.508 e. The molecule has 1 amide bonds. The summed E-state index contributed by atoms with van der Waals surface area (Å²) in [6.07, 6.45) is -0.200. The molecule has 5 atom stereocenters. The second kappa shape index (κ2) is 7.56. The summed E-state index contributed by atoms with van der Waals surface area (Å²) in [4.78, 5) is 40.0. The smallest absolute Gasteiger partial charge is 0.255 e. The van der Waals surface area contributed by atoms with Gasteiger partial charge in [0.2, 0.25) is 5.78 Å². The van der Waals surface area contributed by atoms with Gasteiger partial charge in [0, 0.05) is 17.4 Å². The number of fused-ring (bicyclic) bond motifs is 3. The van der Waals surface area contributed by atoms with E-state index in [1.54, 1.807) is 0 Å². The summed E-state index contributed by atoms with van der Waals surface area (Å²) in [5.41, 5.74) is -0.548. The standard InChI is InChI=1S/C22H24N2O8.ClH/c1-21(31)8-5-4-6-11(25)12(8)16(26)13-9(21)7-10-15(24(2)3)17(27)14(20(23)30)19(29)22(10,32)18(13)28;/h4-6,9-10,15,25-26,29,31-32H,7H2,1-3H3,(H2,23,30);1H/t9-,10+,15-,21+,22-;/m0./s1. The van der Waals surface area contributed by atoms with Crippen LogP contribution >= 0.6 is 12.4 Å². The van der Waals surface area contributed by atoms with Gasteiger partial charge in [0.05, 0.1) is 17.2 Å². The molecule has 10 nitrogen and oxygen atoms in total. The largest absolute Gasteiger partial charge is 0.508 e. The summed E-state index contributed by atoms with van der Waals surface area (Å²) < 4.78 is 0. The molecule has 0 heterocycles. The summed E-state index contributed by atoms with van der Waals surface area (Å²) in [5, 5.41) is 54.9. The SMILES string of the molecule is CN(C)[C@@H]1C(=O)C(C(N)=O)=C(O)[C@@]2(O)C(=O)C3=C(O)c4c(O)cccc4[C@@](C)(O)[C@H]3C[C@H]12.Cl. The lowest BCUT2D eigenvalue weighted by Crippen LogP contribution is -2.67. The first-order valence-corrected chi connectivity index (χ1v) is 9.97. The number of aliphatic hydroxyl groups excluding tert-OH is 2. The van der Waals surface area contributed by atoms with Crippen LogP contribution in [0.25, 0.3) is 5.76 Å². The Kier molecular flexibility index (Phi) is 5.66. The zero-order valence-electron chi connectivity index (χ0n) is 18.1. The van der Waals surface area contributed by atoms with Crippen molar-refractivity contribution in [2.24, 2.45) is 17.6 Å². The summed E-state index contributed by atoms with van der Waals surface area (Å²) in [6, 6.07) is 3.02. The molecule has 4 rings (SSSR count). The number of hydrogen-bond donors (Lipinski definition) is 6. The van der Waals surface area contributed by atoms with Crippen LogP contribution < -0.4 is 5.73 Å². The highest BCUT2D eigenvalue weighted by molar-refractivity contribution is 6.24. The van der Waals surface area contributed by atoms with Crippen LogP contribution in [0.3, 0.4) is 0 Å². The number of phenolic OH excluding ortho intramolecular Hbond substituents is 1. The predicted octanol–water partition coefficient (Wildman–Crippen LogP) is 0.0508. The molecule has 0 unspecified atom stereocenters. The maximum absolute atomic E-state index is 13.7. The van der Waals surface area contributed by atoms with Gasteiger partial charge >= 0.3 is 0 Å². The number of primary amides is 1. The number of rotatable bonds is 2. The zero-order chi connectivity index (χ0) is 23.9. The molecule has 33 heavy (non-hydrogen) atoms. The highest BCUT2D eigenvalue weighted by Gasteiger charge is 2.66. The van der Waals surface area contributed by atoms with Gasteiger partial charge in [-0.05, 0) is 39.1 Å². The lowest BCUT2D eigenvalue weighted by molar-refractivity contribution is -0.159. The van der Waals surface area contributed by atoms with Gasteiger partial charge in [-0.15, -0.1) is 12.4 Å². The van der Waals surface area contributed by atoms with Crippen molar-refractivity contribution in [3.63, 3.8) is 0 Å². The van der Waals surface area contributed by atoms with Crippen molar-refractivity contribution < 1.29 is 39.9 Å². The number of ketones is 2. The molecule has 3 aliphatic carbocycles. The van der Waals surface area contributed by atoms with E-state index in [2.05, 4.69) is 0 Å². The lowest BCUT2D eigenvalue weighted by Gasteiger charge is -2.53. The van der Waals surface area contributed by atoms with E-state index >= 15 is 0 Å². The van der Waals surface area contributed by atoms with Crippen molar-refractivity contribution >= 4 is 35.6 Å². The number of aliphatic hydroxyl groups is 4. The second-order valence-corrected chi connectivity index (χ2v) is 8.96. The van der Waals surface area contributed by atoms with Gasteiger partial charge in [-0.2, -0.15) is 0 Å². The van der Waals surface area contributed by atoms with Gasteiger partial charge < -0.3 is 31.3 Å². The molecule has 0 aromatic heterocycles. The van der Waals surface area contributed by atoms with Crippen molar-refractivity contribution in [2.45, 2.75) is 30.6 Å². The molecule has 1 fully saturated rings. The fourth-order valence-electron chi connectivity index (χ4n) is 5.50. The van der Waals surface area contributed by atoms with Crippen molar-refractivity contribution in [3.8, 4) is 5.75 Å². The maximum atomic E-state index is 13.7. The Morgan fingerprint density at radius 1 is 1.15 bits per heavy atom. The van der Waals surface area contributed by atoms with E-state index in [0.29, 0.717) is 0 Å². The van der Waals surface area contributed by atoms with E-state index in [0.717, 1.165) is 0 Å². The van der Waals surface area contributed by atoms with E-state index in [-0.39, 0.29) is 30.0 Å². The fourth-order valence-corrected chi connectivity index (χ4v) is 5.50. The molecule has 7 N–H and O–H groups in total. The first kappa shape index (κ1) is 24.7. The molecular weight excluding hydrogens is 456 g/mol. The molecule has 1 aromatic rings. The topological polar surface area (TPSA) is 182 Å². The average molecular weight is 481 g/mol. The van der Waals surface area contributed by atoms with E-state index in [9.17, 15) is 39.9 Å². The summed E-state index contributed by atoms with van der Waals surface area (Å²) >= 11 is 0. The number of halogens is 1. The van der Waals surface area contributed by atoms with Crippen LogP contribution in [0.15, 0.2) is 35.1 Å². The number of amides is 1. The number of hydrogen-bond acceptors (Lipinski definition) is 9. The van der Waals surface area contributed by atoms with Crippen LogP contribution in [0.4, 0.5) is 0 Å². The Labute approximate surface area is 195 Å². The first-order chi connectivity index (χ1) is 14.8. The van der Waals surface area contributed by atoms with Crippen LogP contribution in [0, 0.1) is 11.8 Å². The number of carbonyl (C=O) groups is 3. The number of nitrogens with zero attached hydrogens (tertiary/aromatic N) is 1. The van der Waals surface area contributed by atoms with Crippen LogP contribution in [-0.2, 0) is 20.0 Å². The predicted molar refractivity (Wildman–Crippen MR) is 117 cm³/mol. The number of aromatic hydroxyl groups is 1. The number of Topliss-reactive ketones (excluding diaryl/α,β-unsaturated/α-hetero) is 2. The zero-order valence-corrected chi connectivity index (χ0v) is 18.9. The first-order valence-electron chi connectivity index (χ1n) is 9.97. The number of likely N-dealkylation sites (N-methyl/N-ethyl adjacent to an activating group) is 1. The second-order valence-electron chi connectivity index (χ2n) is 8.96. The van der Waals surface area contributed by atoms with E-state index in [1.165, 1.54) is 44.1 Å². The summed E-state index contributed by atoms with van der Waals surface area (Å²) in [7, 11) is 3.01. The lowest BCUT2D eigenvalue weighted by atomic mass is 9.54. The Bertz CT molecular complexity index is 1160. The quantitative estimate of drug-likeness (QED) is 0.318. The molecule has 0 spiro atoms. The van der Waals surface area contributed by atoms with Crippen LogP contribution in [0.5, 0.6) is 5.75 Å². The van der Waals surface area contributed by atoms with Crippen molar-refractivity contribution in [1.29, 1.82) is 0 Å². The Morgan fingerprint density at radius 3 is 2.30 bits per heavy atom. The maximum Gasteiger partial charge on any atom is 0.255 e. The number of benzene rings is 1. The minimum atomic E-state index is -2.75. The fraction of sp³-hybridized carbons (Fsp3) is 0.409. The van der Waals surface area contributed by atoms with Gasteiger partial charge in [-0.1, -0.05) is 12.1 Å². The summed E-state index contributed by atoms with van der Waals surface area (Å²) in [6.45, 7) is 1.40. The molecular formula is C22H25ClN2O8. The van der Waals surface area contributed by atoms with E-state index < -0.39 is 75.0 Å². The molecule has 11 heteroatoms. The van der Waals surface area contributed by atoms with Crippen LogP contribution in [0.1, 0.15) is 24.5 Å². The van der Waals surface area contributed by atoms with Gasteiger partial charge in [0.25, 0.3) is 5.91 Å². The molecule has 0 bridgehead atoms. The van der Waals surface area contributed by atoms with Crippen molar-refractivity contribution in [2.75, 3.05) is 14.1 Å². The Hall–Kier alpha value is -2.92. The van der Waals surface area contributed by atoms with Crippen molar-refractivity contribution in [1.82, 2.24) is 4.90 Å². The molecule has 1 saturated carbocycles. The molecule has 1 aromatic carbocycles. The van der Waals surface area contributed by atoms with Gasteiger partial charge in [-0.25, -0.2) is 0 Å². The van der Waals surface area contributed by atoms with Crippen LogP contribution in [-0.4, -0.2) is 73.6 Å². The molecule has 3 aliphatic rings. The Morgan fingerprint density at radius 2 is 1.76 bits per heavy atom. The van der Waals surface area contributed by atoms with Gasteiger partial charge in [-0.3, -0.25) is 19.3 Å². The number of nitrogens with two attached hydrogens (primary N) is 1. The van der Waals surface area contributed by atoms with Gasteiger partial charge in [0.15, 0.2) is 11.4 Å². The molecule has 0 aliphatic heterocycles. The number of carbonyl (C=O) groups excluding carboxylic acids is 3.